The zero-order chi connectivity index (χ0) is 14.0. The second-order valence-electron chi connectivity index (χ2n) is 3.75. The third-order valence-electron chi connectivity index (χ3n) is 2.69. The molecule has 0 saturated carbocycles. The van der Waals surface area contributed by atoms with Crippen LogP contribution >= 0.6 is 0 Å². The lowest BCUT2D eigenvalue weighted by atomic mass is 10.1. The van der Waals surface area contributed by atoms with Gasteiger partial charge in [0.25, 0.3) is 5.56 Å². The van der Waals surface area contributed by atoms with Gasteiger partial charge in [-0.3, -0.25) is 9.36 Å². The second kappa shape index (κ2) is 4.55. The number of para-hydroxylation sites is 1. The highest BCUT2D eigenvalue weighted by Crippen LogP contribution is 2.22. The van der Waals surface area contributed by atoms with Crippen LogP contribution in [0.4, 0.5) is 11.5 Å². The van der Waals surface area contributed by atoms with Gasteiger partial charge in [-0.1, -0.05) is 18.2 Å². The van der Waals surface area contributed by atoms with Gasteiger partial charge >= 0.3 is 0 Å². The molecule has 0 atom stereocenters. The van der Waals surface area contributed by atoms with E-state index in [2.05, 4.69) is 0 Å². The molecule has 92 valence electrons. The predicted octanol–water partition coefficient (Wildman–Crippen LogP) is 0.745. The van der Waals surface area contributed by atoms with Gasteiger partial charge in [0, 0.05) is 0 Å². The number of hydrogen-bond donors (Lipinski definition) is 2. The molecule has 1 heterocycles. The third kappa shape index (κ3) is 1.78. The molecule has 4 N–H and O–H groups in total. The van der Waals surface area contributed by atoms with Crippen molar-refractivity contribution in [1.29, 1.82) is 10.5 Å². The Morgan fingerprint density at radius 1 is 1.00 bits per heavy atom. The lowest BCUT2D eigenvalue weighted by Gasteiger charge is -2.13. The van der Waals surface area contributed by atoms with E-state index in [1.165, 1.54) is 0 Å². The summed E-state index contributed by atoms with van der Waals surface area (Å²) in [5, 5.41) is 18.0. The Bertz CT molecular complexity index is 778. The summed E-state index contributed by atoms with van der Waals surface area (Å²) in [6, 6.07) is 12.0. The maximum absolute atomic E-state index is 12.2. The summed E-state index contributed by atoms with van der Waals surface area (Å²) in [6.45, 7) is 0. The van der Waals surface area contributed by atoms with E-state index in [4.69, 9.17) is 22.0 Å². The van der Waals surface area contributed by atoms with Crippen LogP contribution in [0.2, 0.25) is 0 Å². The number of nitrogens with two attached hydrogens (primary N) is 2. The highest BCUT2D eigenvalue weighted by atomic mass is 16.1. The molecular weight excluding hydrogens is 242 g/mol. The first-order chi connectivity index (χ1) is 9.11. The van der Waals surface area contributed by atoms with Crippen molar-refractivity contribution in [3.63, 3.8) is 0 Å². The van der Waals surface area contributed by atoms with Crippen LogP contribution < -0.4 is 17.0 Å². The van der Waals surface area contributed by atoms with Crippen molar-refractivity contribution in [2.45, 2.75) is 0 Å². The zero-order valence-electron chi connectivity index (χ0n) is 9.79. The number of pyridine rings is 1. The second-order valence-corrected chi connectivity index (χ2v) is 3.75. The van der Waals surface area contributed by atoms with Gasteiger partial charge in [-0.15, -0.1) is 0 Å². The van der Waals surface area contributed by atoms with Crippen LogP contribution in [-0.2, 0) is 0 Å². The van der Waals surface area contributed by atoms with Crippen LogP contribution in [0.1, 0.15) is 11.1 Å². The number of anilines is 2. The molecule has 0 spiro atoms. The number of aromatic nitrogens is 1. The quantitative estimate of drug-likeness (QED) is 0.774. The van der Waals surface area contributed by atoms with E-state index in [1.807, 2.05) is 6.07 Å². The Morgan fingerprint density at radius 2 is 1.58 bits per heavy atom. The summed E-state index contributed by atoms with van der Waals surface area (Å²) in [6.07, 6.45) is 0. The van der Waals surface area contributed by atoms with Gasteiger partial charge in [-0.05, 0) is 12.1 Å². The average molecular weight is 251 g/mol. The Labute approximate surface area is 108 Å². The minimum Gasteiger partial charge on any atom is -0.396 e. The van der Waals surface area contributed by atoms with Crippen molar-refractivity contribution < 1.29 is 0 Å². The zero-order valence-corrected chi connectivity index (χ0v) is 9.79. The van der Waals surface area contributed by atoms with Gasteiger partial charge < -0.3 is 11.5 Å². The molecule has 0 fully saturated rings. The molecule has 0 bridgehead atoms. The Hall–Kier alpha value is -3.25. The van der Waals surface area contributed by atoms with Crippen LogP contribution in [0.25, 0.3) is 5.69 Å². The van der Waals surface area contributed by atoms with Crippen LogP contribution in [-0.4, -0.2) is 4.57 Å². The third-order valence-corrected chi connectivity index (χ3v) is 2.69. The van der Waals surface area contributed by atoms with E-state index < -0.39 is 5.56 Å². The molecule has 19 heavy (non-hydrogen) atoms. The number of nitriles is 2. The van der Waals surface area contributed by atoms with Gasteiger partial charge in [-0.25, -0.2) is 0 Å². The Morgan fingerprint density at radius 3 is 2.11 bits per heavy atom. The molecule has 0 aliphatic heterocycles. The van der Waals surface area contributed by atoms with Gasteiger partial charge in [-0.2, -0.15) is 10.5 Å². The maximum Gasteiger partial charge on any atom is 0.276 e. The van der Waals surface area contributed by atoms with Crippen LogP contribution in [0.3, 0.4) is 0 Å². The fourth-order valence-corrected chi connectivity index (χ4v) is 1.77. The summed E-state index contributed by atoms with van der Waals surface area (Å²) >= 11 is 0. The molecule has 0 aliphatic rings. The molecular formula is C13H9N5O. The van der Waals surface area contributed by atoms with E-state index in [1.54, 1.807) is 36.4 Å². The molecule has 1 aromatic heterocycles. The summed E-state index contributed by atoms with van der Waals surface area (Å²) in [5.41, 5.74) is 10.7. The van der Waals surface area contributed by atoms with E-state index >= 15 is 0 Å². The van der Waals surface area contributed by atoms with Crippen molar-refractivity contribution in [3.05, 3.63) is 51.8 Å². The fourth-order valence-electron chi connectivity index (χ4n) is 1.77. The molecule has 6 heteroatoms. The molecule has 2 aromatic rings. The number of hydrogen-bond acceptors (Lipinski definition) is 5. The number of nitrogens with zero attached hydrogens (tertiary/aromatic N) is 3. The van der Waals surface area contributed by atoms with Crippen molar-refractivity contribution >= 4 is 11.5 Å². The SMILES string of the molecule is N#Cc1c(N)c(C#N)c(=O)n(-c2ccccc2)c1N. The minimum absolute atomic E-state index is 0.0694. The number of rotatable bonds is 1. The summed E-state index contributed by atoms with van der Waals surface area (Å²) < 4.78 is 1.10. The first-order valence-corrected chi connectivity index (χ1v) is 5.31. The lowest BCUT2D eigenvalue weighted by Crippen LogP contribution is -2.26. The fraction of sp³-hybridized carbons (Fsp3) is 0. The minimum atomic E-state index is -0.636. The summed E-state index contributed by atoms with van der Waals surface area (Å²) in [5.74, 6) is -0.0739. The highest BCUT2D eigenvalue weighted by Gasteiger charge is 2.18. The molecule has 0 aliphatic carbocycles. The Kier molecular flexibility index (Phi) is 2.93. The standard InChI is InChI=1S/C13H9N5O/c14-6-9-11(16)10(7-15)13(19)18(12(9)17)8-4-2-1-3-5-8/h1-5H,16-17H2. The molecule has 0 amide bonds. The lowest BCUT2D eigenvalue weighted by molar-refractivity contribution is 0.994. The monoisotopic (exact) mass is 251 g/mol. The van der Waals surface area contributed by atoms with E-state index in [0.29, 0.717) is 5.69 Å². The number of benzene rings is 1. The first kappa shape index (κ1) is 12.2. The van der Waals surface area contributed by atoms with Gasteiger partial charge in [0.1, 0.15) is 29.1 Å². The van der Waals surface area contributed by atoms with Gasteiger partial charge in [0.05, 0.1) is 11.4 Å². The topological polar surface area (TPSA) is 122 Å². The average Bonchev–Trinajstić information content (AvgIpc) is 2.41. The first-order valence-electron chi connectivity index (χ1n) is 5.31. The smallest absolute Gasteiger partial charge is 0.276 e. The Balaban J connectivity index is 2.96. The van der Waals surface area contributed by atoms with Crippen molar-refractivity contribution in [1.82, 2.24) is 4.57 Å². The van der Waals surface area contributed by atoms with Gasteiger partial charge in [0.15, 0.2) is 0 Å². The molecule has 1 aromatic carbocycles. The highest BCUT2D eigenvalue weighted by molar-refractivity contribution is 5.72. The normalized spacial score (nSPS) is 9.58. The summed E-state index contributed by atoms with van der Waals surface area (Å²) in [7, 11) is 0. The van der Waals surface area contributed by atoms with Crippen LogP contribution in [0, 0.1) is 22.7 Å². The van der Waals surface area contributed by atoms with Crippen LogP contribution in [0.5, 0.6) is 0 Å². The predicted molar refractivity (Wildman–Crippen MR) is 70.3 cm³/mol. The molecule has 2 rings (SSSR count). The molecule has 0 saturated heterocycles. The largest absolute Gasteiger partial charge is 0.396 e. The molecule has 0 unspecified atom stereocenters. The maximum atomic E-state index is 12.2. The van der Waals surface area contributed by atoms with Crippen LogP contribution in [0.15, 0.2) is 35.1 Å². The van der Waals surface area contributed by atoms with Crippen molar-refractivity contribution in [3.8, 4) is 17.8 Å². The summed E-state index contributed by atoms with van der Waals surface area (Å²) in [4.78, 5) is 12.2. The van der Waals surface area contributed by atoms with Crippen molar-refractivity contribution in [2.24, 2.45) is 0 Å². The molecule has 6 nitrogen and oxygen atoms in total. The van der Waals surface area contributed by atoms with E-state index in [0.717, 1.165) is 4.57 Å². The number of nitrogen functional groups attached to an aromatic ring is 2. The molecule has 0 radical (unpaired) electrons. The van der Waals surface area contributed by atoms with E-state index in [-0.39, 0.29) is 22.6 Å². The van der Waals surface area contributed by atoms with Gasteiger partial charge in [0.2, 0.25) is 0 Å². The van der Waals surface area contributed by atoms with Crippen molar-refractivity contribution in [2.75, 3.05) is 11.5 Å². The van der Waals surface area contributed by atoms with E-state index in [9.17, 15) is 4.79 Å².